The number of carbonyl (C=O) groups is 2. The van der Waals surface area contributed by atoms with Crippen LogP contribution in [0.2, 0.25) is 0 Å². The molecule has 1 aliphatic rings. The van der Waals surface area contributed by atoms with E-state index in [2.05, 4.69) is 20.3 Å². The number of hydrogen-bond acceptors (Lipinski definition) is 9. The lowest BCUT2D eigenvalue weighted by molar-refractivity contribution is -0.128. The summed E-state index contributed by atoms with van der Waals surface area (Å²) in [6.07, 6.45) is 4.77. The summed E-state index contributed by atoms with van der Waals surface area (Å²) in [6.45, 7) is 16.9. The number of nitrogens with zero attached hydrogens (tertiary/aromatic N) is 5. The molecule has 0 saturated carbocycles. The molecule has 0 radical (unpaired) electrons. The fourth-order valence-electron chi connectivity index (χ4n) is 6.45. The van der Waals surface area contributed by atoms with E-state index in [4.69, 9.17) is 18.9 Å². The third kappa shape index (κ3) is 11.9. The van der Waals surface area contributed by atoms with Crippen LogP contribution in [0.4, 0.5) is 4.79 Å². The minimum Gasteiger partial charge on any atom is -0.429 e. The first kappa shape index (κ1) is 40.1. The minimum absolute atomic E-state index is 0.00207. The number of methoxy groups -OCH3 is 1. The van der Waals surface area contributed by atoms with Crippen LogP contribution >= 0.6 is 0 Å². The summed E-state index contributed by atoms with van der Waals surface area (Å²) in [4.78, 5) is 34.2. The Hall–Kier alpha value is -3.38. The number of aliphatic hydroxyl groups excluding tert-OH is 1. The van der Waals surface area contributed by atoms with E-state index < -0.39 is 41.8 Å². The maximum Gasteiger partial charge on any atom is 0.509 e. The molecule has 2 aromatic rings. The van der Waals surface area contributed by atoms with Gasteiger partial charge in [-0.2, -0.15) is 0 Å². The summed E-state index contributed by atoms with van der Waals surface area (Å²) >= 11 is 0. The van der Waals surface area contributed by atoms with Crippen LogP contribution < -0.4 is 5.32 Å². The van der Waals surface area contributed by atoms with Gasteiger partial charge in [-0.15, -0.1) is 0 Å². The number of carbonyl (C=O) groups excluding carboxylic acids is 2. The molecule has 1 fully saturated rings. The van der Waals surface area contributed by atoms with E-state index in [1.807, 2.05) is 57.5 Å². The highest BCUT2D eigenvalue weighted by Gasteiger charge is 2.37. The summed E-state index contributed by atoms with van der Waals surface area (Å²) in [5.41, 5.74) is 12.2. The zero-order chi connectivity index (χ0) is 36.3. The number of ether oxygens (including phenoxy) is 4. The zero-order valence-corrected chi connectivity index (χ0v) is 30.8. The molecule has 274 valence electrons. The van der Waals surface area contributed by atoms with Gasteiger partial charge in [0.15, 0.2) is 0 Å². The first-order chi connectivity index (χ1) is 23.1. The number of azide groups is 1. The van der Waals surface area contributed by atoms with Crippen molar-refractivity contribution in [1.29, 1.82) is 0 Å². The van der Waals surface area contributed by atoms with Crippen LogP contribution in [0.15, 0.2) is 23.6 Å². The summed E-state index contributed by atoms with van der Waals surface area (Å²) in [5.74, 6) is -1.23. The average Bonchev–Trinajstić information content (AvgIpc) is 3.68. The molecule has 2 aromatic heterocycles. The van der Waals surface area contributed by atoms with Crippen molar-refractivity contribution in [3.05, 3.63) is 45.7 Å². The second kappa shape index (κ2) is 18.6. The summed E-state index contributed by atoms with van der Waals surface area (Å²) in [6, 6.07) is 1.07. The first-order valence-corrected chi connectivity index (χ1v) is 17.6. The first-order valence-electron chi connectivity index (χ1n) is 17.6. The van der Waals surface area contributed by atoms with Gasteiger partial charge in [0.05, 0.1) is 18.2 Å². The van der Waals surface area contributed by atoms with Crippen molar-refractivity contribution in [1.82, 2.24) is 14.7 Å². The highest BCUT2D eigenvalue weighted by molar-refractivity contribution is 5.79. The Balaban J connectivity index is 1.96. The van der Waals surface area contributed by atoms with E-state index in [0.717, 1.165) is 48.2 Å². The van der Waals surface area contributed by atoms with E-state index in [0.29, 0.717) is 19.8 Å². The number of hydrogen-bond donors (Lipinski definition) is 2. The van der Waals surface area contributed by atoms with Crippen LogP contribution in [0.25, 0.3) is 16.1 Å². The number of pyridine rings is 1. The van der Waals surface area contributed by atoms with Gasteiger partial charge in [-0.25, -0.2) is 9.78 Å². The van der Waals surface area contributed by atoms with Gasteiger partial charge in [-0.3, -0.25) is 4.79 Å². The number of aryl methyl sites for hydroxylation is 2. The molecule has 6 atom stereocenters. The van der Waals surface area contributed by atoms with Gasteiger partial charge in [0.1, 0.15) is 17.4 Å². The average molecular weight is 687 g/mol. The van der Waals surface area contributed by atoms with Crippen LogP contribution in [0.3, 0.4) is 0 Å². The van der Waals surface area contributed by atoms with E-state index in [9.17, 15) is 20.2 Å². The van der Waals surface area contributed by atoms with Gasteiger partial charge < -0.3 is 33.8 Å². The Kier molecular flexibility index (Phi) is 15.2. The number of rotatable bonds is 18. The predicted molar refractivity (Wildman–Crippen MR) is 187 cm³/mol. The fourth-order valence-corrected chi connectivity index (χ4v) is 6.45. The SMILES string of the molecule is COCCCc1cnc2cc(C)c(C(OC(=O)OC(C)(C)C)C(CC(N=[N+]=[N-])C(O)CC(C(=O)NC[C@@H]3CCCO3)C(C)C)C(C)C)cn12. The number of aromatic nitrogens is 2. The summed E-state index contributed by atoms with van der Waals surface area (Å²) in [7, 11) is 1.67. The van der Waals surface area contributed by atoms with Gasteiger partial charge in [0.2, 0.25) is 5.91 Å². The van der Waals surface area contributed by atoms with E-state index >= 15 is 0 Å². The molecule has 0 spiro atoms. The fraction of sp³-hybridized carbons (Fsp3) is 0.750. The van der Waals surface area contributed by atoms with Gasteiger partial charge in [0.25, 0.3) is 0 Å². The van der Waals surface area contributed by atoms with Crippen molar-refractivity contribution in [3.8, 4) is 0 Å². The normalized spacial score (nSPS) is 18.2. The second-order valence-electron chi connectivity index (χ2n) is 14.9. The molecule has 1 aliphatic heterocycles. The van der Waals surface area contributed by atoms with Crippen LogP contribution in [0.5, 0.6) is 0 Å². The third-order valence-electron chi connectivity index (χ3n) is 9.24. The van der Waals surface area contributed by atoms with Crippen molar-refractivity contribution in [2.75, 3.05) is 26.9 Å². The summed E-state index contributed by atoms with van der Waals surface area (Å²) in [5, 5.41) is 18.6. The van der Waals surface area contributed by atoms with Crippen LogP contribution in [-0.2, 0) is 30.2 Å². The van der Waals surface area contributed by atoms with Crippen molar-refractivity contribution in [3.63, 3.8) is 0 Å². The zero-order valence-electron chi connectivity index (χ0n) is 30.8. The molecule has 5 unspecified atom stereocenters. The lowest BCUT2D eigenvalue weighted by atomic mass is 9.78. The van der Waals surface area contributed by atoms with Crippen LogP contribution in [0, 0.1) is 30.6 Å². The van der Waals surface area contributed by atoms with E-state index in [1.165, 1.54) is 0 Å². The van der Waals surface area contributed by atoms with Gasteiger partial charge in [-0.1, -0.05) is 32.8 Å². The number of imidazole rings is 1. The molecular weight excluding hydrogens is 628 g/mol. The molecule has 13 nitrogen and oxygen atoms in total. The molecule has 3 heterocycles. The molecule has 1 amide bonds. The molecule has 2 N–H and O–H groups in total. The van der Waals surface area contributed by atoms with Crippen molar-refractivity contribution in [2.45, 2.75) is 124 Å². The Morgan fingerprint density at radius 2 is 1.96 bits per heavy atom. The van der Waals surface area contributed by atoms with Gasteiger partial charge in [0, 0.05) is 67.3 Å². The molecule has 0 bridgehead atoms. The van der Waals surface area contributed by atoms with Crippen LogP contribution in [-0.4, -0.2) is 77.3 Å². The Morgan fingerprint density at radius 3 is 2.55 bits per heavy atom. The lowest BCUT2D eigenvalue weighted by Crippen LogP contribution is -2.41. The van der Waals surface area contributed by atoms with Gasteiger partial charge >= 0.3 is 6.16 Å². The quantitative estimate of drug-likeness (QED) is 0.0562. The molecular formula is C36H58N6O7. The lowest BCUT2D eigenvalue weighted by Gasteiger charge is -2.35. The monoisotopic (exact) mass is 686 g/mol. The molecule has 13 heteroatoms. The largest absolute Gasteiger partial charge is 0.509 e. The Labute approximate surface area is 291 Å². The Bertz CT molecular complexity index is 1410. The predicted octanol–water partition coefficient (Wildman–Crippen LogP) is 6.87. The van der Waals surface area contributed by atoms with Crippen molar-refractivity contribution in [2.24, 2.45) is 28.8 Å². The highest BCUT2D eigenvalue weighted by Crippen LogP contribution is 2.39. The maximum atomic E-state index is 13.3. The van der Waals surface area contributed by atoms with Gasteiger partial charge in [-0.05, 0) is 95.2 Å². The van der Waals surface area contributed by atoms with Crippen molar-refractivity contribution < 1.29 is 33.6 Å². The summed E-state index contributed by atoms with van der Waals surface area (Å²) < 4.78 is 24.7. The Morgan fingerprint density at radius 1 is 1.22 bits per heavy atom. The molecule has 3 rings (SSSR count). The van der Waals surface area contributed by atoms with E-state index in [-0.39, 0.29) is 36.7 Å². The number of amides is 1. The maximum absolute atomic E-state index is 13.3. The van der Waals surface area contributed by atoms with E-state index in [1.54, 1.807) is 27.9 Å². The van der Waals surface area contributed by atoms with Crippen molar-refractivity contribution >= 4 is 17.7 Å². The molecule has 49 heavy (non-hydrogen) atoms. The number of nitrogens with one attached hydrogen (secondary N) is 1. The number of fused-ring (bicyclic) bond motifs is 1. The molecule has 0 aromatic carbocycles. The van der Waals surface area contributed by atoms with Crippen LogP contribution in [0.1, 0.15) is 103 Å². The second-order valence-corrected chi connectivity index (χ2v) is 14.9. The molecule has 1 saturated heterocycles. The topological polar surface area (TPSA) is 169 Å². The molecule has 0 aliphatic carbocycles. The number of aliphatic hydroxyl groups is 1. The smallest absolute Gasteiger partial charge is 0.429 e. The standard InChI is InChI=1S/C36H58N6O7/c1-22(2)27(17-30(40-41-37)31(43)18-28(23(3)4)34(44)39-20-26-13-11-15-47-26)33(48-35(45)49-36(6,7)8)29-21-42-25(12-10-14-46-9)19-38-32(42)16-24(29)5/h16,19,21-23,26-28,30-31,33,43H,10-15,17-18,20H2,1-9H3,(H,39,44)/t26-,27?,28?,30?,31?,33?/m0/s1. The highest BCUT2D eigenvalue weighted by atomic mass is 16.7. The minimum atomic E-state index is -1.12. The third-order valence-corrected chi connectivity index (χ3v) is 9.24.